The van der Waals surface area contributed by atoms with Crippen molar-refractivity contribution < 1.29 is 9.32 Å². The van der Waals surface area contributed by atoms with Gasteiger partial charge in [-0.25, -0.2) is 4.98 Å². The van der Waals surface area contributed by atoms with Crippen molar-refractivity contribution in [3.05, 3.63) is 24.2 Å². The number of anilines is 1. The predicted octanol–water partition coefficient (Wildman–Crippen LogP) is 3.63. The van der Waals surface area contributed by atoms with Crippen molar-refractivity contribution in [2.45, 2.75) is 57.3 Å². The Balaban J connectivity index is 1.35. The fourth-order valence-corrected chi connectivity index (χ4v) is 4.73. The molecule has 0 N–H and O–H groups in total. The molecule has 5 rings (SSSR count). The highest BCUT2D eigenvalue weighted by molar-refractivity contribution is 5.80. The Morgan fingerprint density at radius 2 is 1.90 bits per heavy atom. The molecule has 0 spiro atoms. The molecule has 0 aromatic carbocycles. The summed E-state index contributed by atoms with van der Waals surface area (Å²) in [5.41, 5.74) is 0.896. The minimum absolute atomic E-state index is 0.0486. The van der Waals surface area contributed by atoms with E-state index >= 15 is 0 Å². The average molecular weight is 396 g/mol. The molecular formula is C22H29N5O2. The van der Waals surface area contributed by atoms with Crippen molar-refractivity contribution in [2.75, 3.05) is 31.1 Å². The summed E-state index contributed by atoms with van der Waals surface area (Å²) in [5, 5.41) is 4.24. The lowest BCUT2D eigenvalue weighted by Crippen LogP contribution is -2.46. The highest BCUT2D eigenvalue weighted by Gasteiger charge is 2.32. The standard InChI is InChI=1S/C22H29N5O2/c28-22(26-12-2-1-3-13-26)17-9-6-14-27(15-17)20-18(10-5-11-23-20)19-24-21(29-25-19)16-7-4-8-16/h5,10-11,16-17H,1-4,6-9,12-15H2. The zero-order chi connectivity index (χ0) is 19.6. The van der Waals surface area contributed by atoms with Gasteiger partial charge < -0.3 is 14.3 Å². The van der Waals surface area contributed by atoms with E-state index in [-0.39, 0.29) is 5.92 Å². The molecule has 29 heavy (non-hydrogen) atoms. The molecule has 3 aliphatic rings. The van der Waals surface area contributed by atoms with Gasteiger partial charge in [0.15, 0.2) is 0 Å². The number of hydrogen-bond donors (Lipinski definition) is 0. The molecule has 1 amide bonds. The van der Waals surface area contributed by atoms with Gasteiger partial charge in [0.25, 0.3) is 0 Å². The molecule has 154 valence electrons. The number of likely N-dealkylation sites (tertiary alicyclic amines) is 1. The van der Waals surface area contributed by atoms with Gasteiger partial charge in [0.05, 0.1) is 11.5 Å². The minimum Gasteiger partial charge on any atom is -0.355 e. The van der Waals surface area contributed by atoms with Gasteiger partial charge in [-0.2, -0.15) is 4.98 Å². The normalized spacial score (nSPS) is 23.1. The van der Waals surface area contributed by atoms with Crippen LogP contribution >= 0.6 is 0 Å². The van der Waals surface area contributed by atoms with Gasteiger partial charge in [-0.05, 0) is 57.1 Å². The smallest absolute Gasteiger partial charge is 0.230 e. The van der Waals surface area contributed by atoms with Crippen LogP contribution in [0.15, 0.2) is 22.9 Å². The monoisotopic (exact) mass is 395 g/mol. The van der Waals surface area contributed by atoms with Crippen LogP contribution in [0.3, 0.4) is 0 Å². The highest BCUT2D eigenvalue weighted by Crippen LogP contribution is 2.37. The van der Waals surface area contributed by atoms with Crippen LogP contribution in [0.1, 0.15) is 63.2 Å². The van der Waals surface area contributed by atoms with Gasteiger partial charge in [0.1, 0.15) is 5.82 Å². The van der Waals surface area contributed by atoms with Crippen molar-refractivity contribution in [3.8, 4) is 11.4 Å². The zero-order valence-electron chi connectivity index (χ0n) is 16.9. The number of piperidine rings is 2. The van der Waals surface area contributed by atoms with Crippen molar-refractivity contribution in [3.63, 3.8) is 0 Å². The molecule has 1 saturated carbocycles. The summed E-state index contributed by atoms with van der Waals surface area (Å²) in [4.78, 5) is 26.7. The van der Waals surface area contributed by atoms with Crippen LogP contribution in [-0.4, -0.2) is 52.1 Å². The lowest BCUT2D eigenvalue weighted by Gasteiger charge is -2.37. The lowest BCUT2D eigenvalue weighted by atomic mass is 9.85. The second kappa shape index (κ2) is 8.13. The maximum absolute atomic E-state index is 13.0. The quantitative estimate of drug-likeness (QED) is 0.787. The molecule has 2 aromatic rings. The van der Waals surface area contributed by atoms with E-state index < -0.39 is 0 Å². The molecule has 7 nitrogen and oxygen atoms in total. The van der Waals surface area contributed by atoms with E-state index in [1.54, 1.807) is 0 Å². The Kier molecular flexibility index (Phi) is 5.21. The number of aromatic nitrogens is 3. The molecule has 3 fully saturated rings. The van der Waals surface area contributed by atoms with E-state index in [9.17, 15) is 4.79 Å². The number of carbonyl (C=O) groups excluding carboxylic acids is 1. The van der Waals surface area contributed by atoms with Crippen LogP contribution in [0.4, 0.5) is 5.82 Å². The molecule has 4 heterocycles. The summed E-state index contributed by atoms with van der Waals surface area (Å²) in [6.07, 6.45) is 10.8. The molecule has 1 unspecified atom stereocenters. The molecule has 1 atom stereocenters. The van der Waals surface area contributed by atoms with Crippen molar-refractivity contribution in [2.24, 2.45) is 5.92 Å². The number of rotatable bonds is 4. The first-order chi connectivity index (χ1) is 14.3. The van der Waals surface area contributed by atoms with E-state index in [0.29, 0.717) is 24.2 Å². The molecule has 2 saturated heterocycles. The van der Waals surface area contributed by atoms with Crippen molar-refractivity contribution in [1.29, 1.82) is 0 Å². The Hall–Kier alpha value is -2.44. The maximum Gasteiger partial charge on any atom is 0.230 e. The molecule has 1 aliphatic carbocycles. The second-order valence-electron chi connectivity index (χ2n) is 8.63. The van der Waals surface area contributed by atoms with E-state index in [2.05, 4.69) is 24.9 Å². The van der Waals surface area contributed by atoms with Crippen LogP contribution in [-0.2, 0) is 4.79 Å². The van der Waals surface area contributed by atoms with Gasteiger partial charge in [-0.3, -0.25) is 4.79 Å². The highest BCUT2D eigenvalue weighted by atomic mass is 16.5. The summed E-state index contributed by atoms with van der Waals surface area (Å²) >= 11 is 0. The third kappa shape index (κ3) is 3.74. The first-order valence-electron chi connectivity index (χ1n) is 11.1. The first kappa shape index (κ1) is 18.6. The summed E-state index contributed by atoms with van der Waals surface area (Å²) < 4.78 is 5.54. The fourth-order valence-electron chi connectivity index (χ4n) is 4.73. The first-order valence-corrected chi connectivity index (χ1v) is 11.1. The number of amides is 1. The topological polar surface area (TPSA) is 75.4 Å². The van der Waals surface area contributed by atoms with Gasteiger partial charge in [-0.1, -0.05) is 11.6 Å². The van der Waals surface area contributed by atoms with Crippen LogP contribution in [0.5, 0.6) is 0 Å². The molecule has 7 heteroatoms. The molecular weight excluding hydrogens is 366 g/mol. The van der Waals surface area contributed by atoms with Crippen LogP contribution in [0.2, 0.25) is 0 Å². The van der Waals surface area contributed by atoms with Gasteiger partial charge in [0.2, 0.25) is 17.6 Å². The van der Waals surface area contributed by atoms with Crippen LogP contribution < -0.4 is 4.90 Å². The summed E-state index contributed by atoms with van der Waals surface area (Å²) in [7, 11) is 0. The zero-order valence-corrected chi connectivity index (χ0v) is 16.9. The Bertz CT molecular complexity index is 856. The van der Waals surface area contributed by atoms with E-state index in [1.165, 1.54) is 12.8 Å². The Morgan fingerprint density at radius 3 is 2.69 bits per heavy atom. The minimum atomic E-state index is 0.0486. The summed E-state index contributed by atoms with van der Waals surface area (Å²) in [6.45, 7) is 3.45. The summed E-state index contributed by atoms with van der Waals surface area (Å²) in [6, 6.07) is 3.92. The third-order valence-electron chi connectivity index (χ3n) is 6.66. The lowest BCUT2D eigenvalue weighted by molar-refractivity contribution is -0.136. The third-order valence-corrected chi connectivity index (χ3v) is 6.66. The van der Waals surface area contributed by atoms with E-state index in [4.69, 9.17) is 4.52 Å². The largest absolute Gasteiger partial charge is 0.355 e. The fraction of sp³-hybridized carbons (Fsp3) is 0.636. The van der Waals surface area contributed by atoms with Crippen molar-refractivity contribution in [1.82, 2.24) is 20.0 Å². The number of carbonyl (C=O) groups is 1. The van der Waals surface area contributed by atoms with Gasteiger partial charge in [0, 0.05) is 38.3 Å². The Labute approximate surface area is 171 Å². The summed E-state index contributed by atoms with van der Waals surface area (Å²) in [5.74, 6) is 3.01. The molecule has 0 bridgehead atoms. The molecule has 2 aliphatic heterocycles. The number of hydrogen-bond acceptors (Lipinski definition) is 6. The number of nitrogens with zero attached hydrogens (tertiary/aromatic N) is 5. The second-order valence-corrected chi connectivity index (χ2v) is 8.63. The SMILES string of the molecule is O=C(C1CCCN(c2ncccc2-c2noc(C3CCC3)n2)C1)N1CCCCC1. The predicted molar refractivity (Wildman–Crippen MR) is 109 cm³/mol. The van der Waals surface area contributed by atoms with Crippen molar-refractivity contribution >= 4 is 11.7 Å². The van der Waals surface area contributed by atoms with Gasteiger partial charge >= 0.3 is 0 Å². The maximum atomic E-state index is 13.0. The average Bonchev–Trinajstić information content (AvgIpc) is 3.22. The van der Waals surface area contributed by atoms with Crippen LogP contribution in [0.25, 0.3) is 11.4 Å². The number of pyridine rings is 1. The van der Waals surface area contributed by atoms with E-state index in [1.807, 2.05) is 18.3 Å². The van der Waals surface area contributed by atoms with E-state index in [0.717, 1.165) is 75.4 Å². The van der Waals surface area contributed by atoms with Crippen LogP contribution in [0, 0.1) is 5.92 Å². The van der Waals surface area contributed by atoms with Gasteiger partial charge in [-0.15, -0.1) is 0 Å². The molecule has 0 radical (unpaired) electrons. The molecule has 2 aromatic heterocycles. The Morgan fingerprint density at radius 1 is 1.03 bits per heavy atom.